The summed E-state index contributed by atoms with van der Waals surface area (Å²) in [6, 6.07) is 4.11. The van der Waals surface area contributed by atoms with Crippen LogP contribution in [0.5, 0.6) is 0 Å². The summed E-state index contributed by atoms with van der Waals surface area (Å²) < 4.78 is 13.9. The number of carbonyl (C=O) groups excluding carboxylic acids is 2. The second-order valence-electron chi connectivity index (χ2n) is 4.91. The largest absolute Gasteiger partial charge is 0.346 e. The van der Waals surface area contributed by atoms with Crippen LogP contribution in [0.3, 0.4) is 0 Å². The van der Waals surface area contributed by atoms with Crippen molar-refractivity contribution >= 4 is 23.4 Å². The van der Waals surface area contributed by atoms with Crippen LogP contribution in [0.2, 0.25) is 5.02 Å². The van der Waals surface area contributed by atoms with Gasteiger partial charge in [0.15, 0.2) is 0 Å². The van der Waals surface area contributed by atoms with Crippen LogP contribution in [-0.4, -0.2) is 24.9 Å². The predicted octanol–water partition coefficient (Wildman–Crippen LogP) is 1.62. The molecule has 0 fully saturated rings. The Bertz CT molecular complexity index is 594. The monoisotopic (exact) mass is 310 g/mol. The van der Waals surface area contributed by atoms with Gasteiger partial charge in [-0.1, -0.05) is 23.6 Å². The van der Waals surface area contributed by atoms with Gasteiger partial charge in [0, 0.05) is 10.6 Å². The number of halogens is 2. The molecule has 0 aliphatic heterocycles. The third-order valence-electron chi connectivity index (χ3n) is 2.97. The van der Waals surface area contributed by atoms with Crippen LogP contribution in [0.1, 0.15) is 19.4 Å². The predicted molar refractivity (Wildman–Crippen MR) is 79.3 cm³/mol. The molecular formula is C15H16ClFN2O2. The molecule has 0 aliphatic carbocycles. The maximum absolute atomic E-state index is 13.9. The van der Waals surface area contributed by atoms with Gasteiger partial charge in [0.2, 0.25) is 11.8 Å². The Labute approximate surface area is 128 Å². The number of hydrogen-bond donors (Lipinski definition) is 2. The SMILES string of the molecule is C#CCNC(=O)CNC(=O)C(C)(C)c1ccc(Cl)cc1F. The summed E-state index contributed by atoms with van der Waals surface area (Å²) >= 11 is 5.69. The molecule has 0 aromatic heterocycles. The lowest BCUT2D eigenvalue weighted by molar-refractivity contribution is -0.129. The van der Waals surface area contributed by atoms with Gasteiger partial charge in [0.05, 0.1) is 18.5 Å². The summed E-state index contributed by atoms with van der Waals surface area (Å²) in [6.45, 7) is 2.99. The summed E-state index contributed by atoms with van der Waals surface area (Å²) in [5.74, 6) is 0.797. The minimum absolute atomic E-state index is 0.0872. The van der Waals surface area contributed by atoms with Crippen molar-refractivity contribution in [1.82, 2.24) is 10.6 Å². The molecule has 112 valence electrons. The molecule has 21 heavy (non-hydrogen) atoms. The fourth-order valence-electron chi connectivity index (χ4n) is 1.71. The van der Waals surface area contributed by atoms with Crippen LogP contribution in [0, 0.1) is 18.2 Å². The first-order valence-electron chi connectivity index (χ1n) is 6.23. The van der Waals surface area contributed by atoms with Gasteiger partial charge < -0.3 is 10.6 Å². The summed E-state index contributed by atoms with van der Waals surface area (Å²) in [5.41, 5.74) is -0.936. The molecule has 1 aromatic rings. The van der Waals surface area contributed by atoms with Crippen LogP contribution in [0.25, 0.3) is 0 Å². The molecule has 0 unspecified atom stereocenters. The quantitative estimate of drug-likeness (QED) is 0.812. The van der Waals surface area contributed by atoms with E-state index in [-0.39, 0.29) is 23.7 Å². The van der Waals surface area contributed by atoms with Gasteiger partial charge in [-0.05, 0) is 26.0 Å². The van der Waals surface area contributed by atoms with Gasteiger partial charge in [-0.2, -0.15) is 0 Å². The van der Waals surface area contributed by atoms with Crippen molar-refractivity contribution in [2.24, 2.45) is 0 Å². The molecule has 0 aliphatic rings. The Morgan fingerprint density at radius 1 is 1.38 bits per heavy atom. The Balaban J connectivity index is 2.76. The van der Waals surface area contributed by atoms with E-state index in [0.717, 1.165) is 6.07 Å². The van der Waals surface area contributed by atoms with Crippen molar-refractivity contribution in [3.05, 3.63) is 34.6 Å². The van der Waals surface area contributed by atoms with Crippen LogP contribution in [0.4, 0.5) is 4.39 Å². The third kappa shape index (κ3) is 4.47. The van der Waals surface area contributed by atoms with E-state index in [4.69, 9.17) is 18.0 Å². The second-order valence-corrected chi connectivity index (χ2v) is 5.35. The average molecular weight is 311 g/mol. The topological polar surface area (TPSA) is 58.2 Å². The Morgan fingerprint density at radius 2 is 2.05 bits per heavy atom. The lowest BCUT2D eigenvalue weighted by atomic mass is 9.83. The number of rotatable bonds is 5. The summed E-state index contributed by atoms with van der Waals surface area (Å²) in [6.07, 6.45) is 5.00. The van der Waals surface area contributed by atoms with Gasteiger partial charge in [-0.3, -0.25) is 9.59 Å². The number of terminal acetylenes is 1. The summed E-state index contributed by atoms with van der Waals surface area (Å²) in [4.78, 5) is 23.5. The summed E-state index contributed by atoms with van der Waals surface area (Å²) in [5, 5.41) is 5.12. The maximum Gasteiger partial charge on any atom is 0.240 e. The Kier molecular flexibility index (Phi) is 5.74. The highest BCUT2D eigenvalue weighted by Gasteiger charge is 2.32. The molecular weight excluding hydrogens is 295 g/mol. The third-order valence-corrected chi connectivity index (χ3v) is 3.20. The minimum atomic E-state index is -1.14. The zero-order valence-corrected chi connectivity index (χ0v) is 12.6. The molecule has 0 atom stereocenters. The smallest absolute Gasteiger partial charge is 0.240 e. The van der Waals surface area contributed by atoms with Gasteiger partial charge in [0.1, 0.15) is 5.82 Å². The van der Waals surface area contributed by atoms with E-state index in [1.807, 2.05) is 0 Å². The van der Waals surface area contributed by atoms with E-state index in [9.17, 15) is 14.0 Å². The first kappa shape index (κ1) is 17.0. The highest BCUT2D eigenvalue weighted by atomic mass is 35.5. The lowest BCUT2D eigenvalue weighted by Crippen LogP contribution is -2.45. The van der Waals surface area contributed by atoms with Crippen molar-refractivity contribution in [3.8, 4) is 12.3 Å². The van der Waals surface area contributed by atoms with Crippen molar-refractivity contribution in [1.29, 1.82) is 0 Å². The highest BCUT2D eigenvalue weighted by molar-refractivity contribution is 6.30. The van der Waals surface area contributed by atoms with Crippen molar-refractivity contribution in [2.75, 3.05) is 13.1 Å². The molecule has 2 N–H and O–H groups in total. The molecule has 0 spiro atoms. The van der Waals surface area contributed by atoms with E-state index in [1.165, 1.54) is 12.1 Å². The average Bonchev–Trinajstić information content (AvgIpc) is 2.41. The van der Waals surface area contributed by atoms with Gasteiger partial charge >= 0.3 is 0 Å². The zero-order valence-electron chi connectivity index (χ0n) is 11.8. The van der Waals surface area contributed by atoms with Gasteiger partial charge in [-0.15, -0.1) is 6.42 Å². The first-order valence-corrected chi connectivity index (χ1v) is 6.61. The zero-order chi connectivity index (χ0) is 16.0. The Hall–Kier alpha value is -2.06. The van der Waals surface area contributed by atoms with Gasteiger partial charge in [0.25, 0.3) is 0 Å². The molecule has 6 heteroatoms. The minimum Gasteiger partial charge on any atom is -0.346 e. The van der Waals surface area contributed by atoms with E-state index in [2.05, 4.69) is 16.6 Å². The summed E-state index contributed by atoms with van der Waals surface area (Å²) in [7, 11) is 0. The highest BCUT2D eigenvalue weighted by Crippen LogP contribution is 2.27. The number of amides is 2. The molecule has 0 bridgehead atoms. The van der Waals surface area contributed by atoms with Crippen molar-refractivity contribution in [3.63, 3.8) is 0 Å². The molecule has 2 amide bonds. The maximum atomic E-state index is 13.9. The molecule has 4 nitrogen and oxygen atoms in total. The van der Waals surface area contributed by atoms with Crippen LogP contribution in [0.15, 0.2) is 18.2 Å². The van der Waals surface area contributed by atoms with Crippen LogP contribution >= 0.6 is 11.6 Å². The lowest BCUT2D eigenvalue weighted by Gasteiger charge is -2.24. The number of nitrogens with one attached hydrogen (secondary N) is 2. The van der Waals surface area contributed by atoms with Crippen LogP contribution < -0.4 is 10.6 Å². The molecule has 0 radical (unpaired) electrons. The molecule has 0 saturated carbocycles. The molecule has 1 aromatic carbocycles. The normalized spacial score (nSPS) is 10.6. The standard InChI is InChI=1S/C15H16ClFN2O2/c1-4-7-18-13(20)9-19-14(21)15(2,3)11-6-5-10(16)8-12(11)17/h1,5-6,8H,7,9H2,2-3H3,(H,18,20)(H,19,21). The van der Waals surface area contributed by atoms with Crippen LogP contribution in [-0.2, 0) is 15.0 Å². The van der Waals surface area contributed by atoms with Crippen molar-refractivity contribution < 1.29 is 14.0 Å². The fraction of sp³-hybridized carbons (Fsp3) is 0.333. The van der Waals surface area contributed by atoms with Gasteiger partial charge in [-0.25, -0.2) is 4.39 Å². The molecule has 0 saturated heterocycles. The second kappa shape index (κ2) is 7.09. The molecule has 1 rings (SSSR count). The Morgan fingerprint density at radius 3 is 2.62 bits per heavy atom. The number of hydrogen-bond acceptors (Lipinski definition) is 2. The van der Waals surface area contributed by atoms with E-state index in [0.29, 0.717) is 0 Å². The van der Waals surface area contributed by atoms with E-state index < -0.39 is 23.0 Å². The van der Waals surface area contributed by atoms with E-state index in [1.54, 1.807) is 13.8 Å². The molecule has 0 heterocycles. The first-order chi connectivity index (χ1) is 9.78. The fourth-order valence-corrected chi connectivity index (χ4v) is 1.87. The van der Waals surface area contributed by atoms with E-state index >= 15 is 0 Å². The number of carbonyl (C=O) groups is 2. The number of benzene rings is 1. The van der Waals surface area contributed by atoms with Crippen molar-refractivity contribution in [2.45, 2.75) is 19.3 Å².